The van der Waals surface area contributed by atoms with Crippen LogP contribution in [0.15, 0.2) is 11.6 Å². The van der Waals surface area contributed by atoms with Crippen LogP contribution in [0.5, 0.6) is 0 Å². The Morgan fingerprint density at radius 3 is 1.89 bits per heavy atom. The van der Waals surface area contributed by atoms with E-state index >= 15 is 0 Å². The average molecular weight is 1130 g/mol. The highest BCUT2D eigenvalue weighted by Crippen LogP contribution is 2.76. The number of nitrogens with one attached hydrogen (secondary N) is 1. The number of carboxylic acids is 1. The number of hydrogen-bond donors (Lipinski definition) is 14. The summed E-state index contributed by atoms with van der Waals surface area (Å²) in [6.07, 6.45) is -22.9. The van der Waals surface area contributed by atoms with Gasteiger partial charge in [0, 0.05) is 6.92 Å². The van der Waals surface area contributed by atoms with Crippen molar-refractivity contribution in [3.8, 4) is 0 Å². The summed E-state index contributed by atoms with van der Waals surface area (Å²) < 4.78 is 49.0. The smallest absolute Gasteiger partial charge is 0.312 e. The van der Waals surface area contributed by atoms with Gasteiger partial charge in [0.2, 0.25) is 5.91 Å². The topological polar surface area (TPSA) is 383 Å². The van der Waals surface area contributed by atoms with Gasteiger partial charge in [-0.3, -0.25) is 9.59 Å². The lowest BCUT2D eigenvalue weighted by atomic mass is 9.33. The molecule has 1 amide bonds. The summed E-state index contributed by atoms with van der Waals surface area (Å²) in [7, 11) is 0. The van der Waals surface area contributed by atoms with Crippen molar-refractivity contribution in [2.45, 2.75) is 242 Å². The number of rotatable bonds is 13. The number of aliphatic carboxylic acids is 1. The van der Waals surface area contributed by atoms with Crippen molar-refractivity contribution in [1.29, 1.82) is 0 Å². The number of aliphatic hydroxyl groups excluding tert-OH is 12. The Labute approximate surface area is 460 Å². The Hall–Kier alpha value is -2.12. The zero-order valence-corrected chi connectivity index (χ0v) is 46.5. The van der Waals surface area contributed by atoms with Crippen LogP contribution in [-0.2, 0) is 47.5 Å². The fraction of sp³-hybridized carbons (Fsp3) is 0.927. The van der Waals surface area contributed by atoms with E-state index < -0.39 is 195 Å². The molecule has 452 valence electrons. The quantitative estimate of drug-likeness (QED) is 0.0721. The third kappa shape index (κ3) is 10.3. The van der Waals surface area contributed by atoms with E-state index in [4.69, 9.17) is 37.9 Å². The van der Waals surface area contributed by atoms with E-state index in [1.807, 2.05) is 0 Å². The number of fused-ring (bicyclic) bond motifs is 7. The second-order valence-corrected chi connectivity index (χ2v) is 26.7. The number of carbonyl (C=O) groups is 2. The van der Waals surface area contributed by atoms with Crippen LogP contribution in [0.25, 0.3) is 0 Å². The summed E-state index contributed by atoms with van der Waals surface area (Å²) >= 11 is 0. The fourth-order valence-corrected chi connectivity index (χ4v) is 16.7. The Morgan fingerprint density at radius 2 is 1.24 bits per heavy atom. The fourth-order valence-electron chi connectivity index (χ4n) is 16.7. The van der Waals surface area contributed by atoms with Crippen LogP contribution in [-0.4, -0.2) is 234 Å². The summed E-state index contributed by atoms with van der Waals surface area (Å²) in [5, 5.41) is 143. The zero-order valence-electron chi connectivity index (χ0n) is 46.5. The van der Waals surface area contributed by atoms with Crippen LogP contribution in [0.2, 0.25) is 0 Å². The minimum atomic E-state index is -1.82. The van der Waals surface area contributed by atoms with E-state index in [1.54, 1.807) is 0 Å². The van der Waals surface area contributed by atoms with Crippen LogP contribution in [0.3, 0.4) is 0 Å². The maximum atomic E-state index is 14.0. The van der Waals surface area contributed by atoms with Gasteiger partial charge in [-0.05, 0) is 103 Å². The molecule has 9 aliphatic rings. The summed E-state index contributed by atoms with van der Waals surface area (Å²) in [5.74, 6) is -1.90. The maximum absolute atomic E-state index is 14.0. The minimum absolute atomic E-state index is 0.0296. The highest BCUT2D eigenvalue weighted by atomic mass is 16.8. The van der Waals surface area contributed by atoms with Crippen molar-refractivity contribution in [2.24, 2.45) is 50.2 Å². The van der Waals surface area contributed by atoms with Crippen molar-refractivity contribution < 1.29 is 114 Å². The summed E-state index contributed by atoms with van der Waals surface area (Å²) in [6.45, 7) is 14.3. The Balaban J connectivity index is 0.962. The molecule has 8 fully saturated rings. The van der Waals surface area contributed by atoms with Gasteiger partial charge in [-0.1, -0.05) is 60.1 Å². The number of amides is 1. The van der Waals surface area contributed by atoms with Crippen LogP contribution in [0, 0.1) is 50.2 Å². The predicted octanol–water partition coefficient (Wildman–Crippen LogP) is -1.72. The molecule has 28 atom stereocenters. The van der Waals surface area contributed by atoms with Gasteiger partial charge in [-0.15, -0.1) is 0 Å². The lowest BCUT2D eigenvalue weighted by Crippen LogP contribution is -2.69. The molecule has 0 radical (unpaired) electrons. The molecule has 0 unspecified atom stereocenters. The summed E-state index contributed by atoms with van der Waals surface area (Å²) in [6, 6.07) is -1.26. The first-order valence-corrected chi connectivity index (χ1v) is 28.3. The first-order chi connectivity index (χ1) is 36.9. The molecule has 0 aromatic rings. The van der Waals surface area contributed by atoms with E-state index in [1.165, 1.54) is 6.92 Å². The van der Waals surface area contributed by atoms with Crippen molar-refractivity contribution in [3.05, 3.63) is 11.6 Å². The molecule has 79 heavy (non-hydrogen) atoms. The monoisotopic (exact) mass is 1130 g/mol. The molecule has 0 aromatic carbocycles. The Bertz CT molecular complexity index is 2220. The summed E-state index contributed by atoms with van der Waals surface area (Å²) in [4.78, 5) is 26.7. The van der Waals surface area contributed by atoms with Crippen LogP contribution < -0.4 is 5.32 Å². The van der Waals surface area contributed by atoms with Gasteiger partial charge < -0.3 is 110 Å². The molecule has 14 N–H and O–H groups in total. The highest BCUT2D eigenvalue weighted by molar-refractivity contribution is 5.78. The number of hydrogen-bond acceptors (Lipinski definition) is 22. The van der Waals surface area contributed by atoms with E-state index in [0.717, 1.165) is 18.4 Å². The maximum Gasteiger partial charge on any atom is 0.312 e. The largest absolute Gasteiger partial charge is 0.481 e. The normalized spacial score (nSPS) is 52.3. The molecule has 24 nitrogen and oxygen atoms in total. The average Bonchev–Trinajstić information content (AvgIpc) is 3.43. The Kier molecular flexibility index (Phi) is 17.4. The Morgan fingerprint density at radius 1 is 0.633 bits per heavy atom. The molecule has 4 saturated heterocycles. The van der Waals surface area contributed by atoms with E-state index in [2.05, 4.69) is 59.9 Å². The standard InChI is InChI=1S/C55H89NO23/c1-23(59)56-34-39(65)38(64)29(22-73-48-44(41(67)37(63)28(20-58)75-48)79-46-42(68)35(61)26(60)21-72-46)76-45(34)77-32-12-13-52(6)30(51(32,4)5)11-14-53(7)31(52)10-9-24-25-17-50(2,3)15-16-55(25,49(70)71)33(18-54(24,53)8)78-47-43(69)40(66)36(62)27(19-57)74-47/h9,25-48,57-58,60-69H,10-22H2,1-8H3,(H,56,59)(H,70,71)/t25-,26+,27+,28+,29+,30-,31+,32-,33+,34+,35-,36+,37-,38+,39+,40-,41-,42+,43+,44+,45-,46-,47-,48+,52-,53+,54+,55+/m0/s1. The third-order valence-corrected chi connectivity index (χ3v) is 21.5. The molecule has 4 saturated carbocycles. The SMILES string of the molecule is CC(=O)N[C@H]1[C@H](O[C@H]2CC[C@]3(C)[C@H]4CC=C5[C@@H]6CC(C)(C)CC[C@]6(C(=O)O)[C@H](O[C@@H]6O[C@H](CO)[C@@H](O)[C@H](O)[C@H]6O)C[C@@]5(C)[C@]4(C)CC[C@H]3C2(C)C)O[C@H](CO[C@@H]2O[C@H](CO)[C@H](O)[C@H](O)[C@H]2O[C@@H]2OC[C@@H](O)[C@H](O)[C@H]2O)[C@@H](O)[C@@H]1O. The zero-order chi connectivity index (χ0) is 57.9. The molecule has 4 aliphatic heterocycles. The number of ether oxygens (including phenoxy) is 8. The molecule has 0 spiro atoms. The molecule has 5 aliphatic carbocycles. The second-order valence-electron chi connectivity index (χ2n) is 26.7. The van der Waals surface area contributed by atoms with Gasteiger partial charge in [0.05, 0.1) is 38.6 Å². The molecule has 24 heteroatoms. The van der Waals surface area contributed by atoms with Crippen molar-refractivity contribution >= 4 is 11.9 Å². The third-order valence-electron chi connectivity index (χ3n) is 21.5. The first-order valence-electron chi connectivity index (χ1n) is 28.3. The van der Waals surface area contributed by atoms with E-state index in [9.17, 15) is 76.0 Å². The number of aliphatic hydroxyl groups is 12. The van der Waals surface area contributed by atoms with E-state index in [-0.39, 0.29) is 29.1 Å². The highest BCUT2D eigenvalue weighted by Gasteiger charge is 2.72. The lowest BCUT2D eigenvalue weighted by molar-refractivity contribution is -0.364. The van der Waals surface area contributed by atoms with Crippen molar-refractivity contribution in [1.82, 2.24) is 5.32 Å². The van der Waals surface area contributed by atoms with Crippen molar-refractivity contribution in [2.75, 3.05) is 26.4 Å². The number of allylic oxidation sites excluding steroid dienone is 2. The van der Waals surface area contributed by atoms with Gasteiger partial charge in [0.15, 0.2) is 25.2 Å². The van der Waals surface area contributed by atoms with E-state index in [0.29, 0.717) is 38.5 Å². The second kappa shape index (κ2) is 22.4. The van der Waals surface area contributed by atoms with Crippen LogP contribution in [0.1, 0.15) is 113 Å². The molecule has 0 bridgehead atoms. The molecule has 9 rings (SSSR count). The number of carbonyl (C=O) groups excluding carboxylic acids is 1. The van der Waals surface area contributed by atoms with Crippen molar-refractivity contribution in [3.63, 3.8) is 0 Å². The summed E-state index contributed by atoms with van der Waals surface area (Å²) in [5.41, 5.74) is -2.48. The van der Waals surface area contributed by atoms with Crippen LogP contribution >= 0.6 is 0 Å². The molecular formula is C55H89NO23. The lowest BCUT2D eigenvalue weighted by Gasteiger charge is -2.72. The van der Waals surface area contributed by atoms with Gasteiger partial charge in [-0.2, -0.15) is 0 Å². The van der Waals surface area contributed by atoms with Crippen LogP contribution in [0.4, 0.5) is 0 Å². The molecular weight excluding hydrogens is 1040 g/mol. The number of carboxylic acid groups (broad SMARTS) is 1. The predicted molar refractivity (Wildman–Crippen MR) is 270 cm³/mol. The van der Waals surface area contributed by atoms with Gasteiger partial charge in [0.25, 0.3) is 0 Å². The first kappa shape index (κ1) is 61.4. The van der Waals surface area contributed by atoms with Gasteiger partial charge in [0.1, 0.15) is 96.9 Å². The molecule has 4 heterocycles. The minimum Gasteiger partial charge on any atom is -0.481 e. The van der Waals surface area contributed by atoms with Gasteiger partial charge >= 0.3 is 5.97 Å². The molecule has 0 aromatic heterocycles. The van der Waals surface area contributed by atoms with Gasteiger partial charge in [-0.25, -0.2) is 0 Å².